The van der Waals surface area contributed by atoms with Gasteiger partial charge in [0.2, 0.25) is 0 Å². The summed E-state index contributed by atoms with van der Waals surface area (Å²) in [5.41, 5.74) is 0.152. The number of ether oxygens (including phenoxy) is 1. The second-order valence-electron chi connectivity index (χ2n) is 4.66. The number of benzene rings is 1. The van der Waals surface area contributed by atoms with E-state index in [4.69, 9.17) is 4.74 Å². The zero-order chi connectivity index (χ0) is 11.6. The molecule has 0 aromatic heterocycles. The fraction of sp³-hybridized carbons (Fsp3) is 0.538. The number of piperidine rings is 1. The van der Waals surface area contributed by atoms with Crippen molar-refractivity contribution < 1.29 is 9.13 Å². The average Bonchev–Trinajstić information content (AvgIpc) is 2.29. The molecular weight excluding hydrogens is 205 g/mol. The van der Waals surface area contributed by atoms with Gasteiger partial charge in [0, 0.05) is 12.6 Å². The van der Waals surface area contributed by atoms with Gasteiger partial charge in [-0.25, -0.2) is 4.39 Å². The first-order valence-corrected chi connectivity index (χ1v) is 5.67. The van der Waals surface area contributed by atoms with E-state index in [1.807, 2.05) is 24.3 Å². The van der Waals surface area contributed by atoms with E-state index in [0.29, 0.717) is 13.0 Å². The van der Waals surface area contributed by atoms with Crippen LogP contribution in [0, 0.1) is 0 Å². The quantitative estimate of drug-likeness (QED) is 0.832. The standard InChI is InChI=1S/C13H18FNO/c1-13(14)8-7-12(15-9-13)10-3-5-11(16-2)6-4-10/h3-6,12,15H,7-9H2,1-2H3. The normalized spacial score (nSPS) is 30.1. The van der Waals surface area contributed by atoms with Gasteiger partial charge >= 0.3 is 0 Å². The smallest absolute Gasteiger partial charge is 0.120 e. The molecule has 0 radical (unpaired) electrons. The highest BCUT2D eigenvalue weighted by Gasteiger charge is 2.30. The molecule has 0 aliphatic carbocycles. The van der Waals surface area contributed by atoms with Crippen LogP contribution in [-0.2, 0) is 0 Å². The van der Waals surface area contributed by atoms with Gasteiger partial charge in [0.1, 0.15) is 11.4 Å². The Morgan fingerprint density at radius 2 is 2.06 bits per heavy atom. The van der Waals surface area contributed by atoms with Crippen molar-refractivity contribution in [3.8, 4) is 5.75 Å². The molecule has 1 heterocycles. The second-order valence-corrected chi connectivity index (χ2v) is 4.66. The molecule has 0 bridgehead atoms. The van der Waals surface area contributed by atoms with Gasteiger partial charge in [0.25, 0.3) is 0 Å². The van der Waals surface area contributed by atoms with E-state index >= 15 is 0 Å². The topological polar surface area (TPSA) is 21.3 Å². The van der Waals surface area contributed by atoms with Crippen molar-refractivity contribution in [1.82, 2.24) is 5.32 Å². The summed E-state index contributed by atoms with van der Waals surface area (Å²) in [7, 11) is 1.66. The molecule has 1 aliphatic heterocycles. The number of rotatable bonds is 2. The summed E-state index contributed by atoms with van der Waals surface area (Å²) in [4.78, 5) is 0. The molecule has 16 heavy (non-hydrogen) atoms. The number of hydrogen-bond acceptors (Lipinski definition) is 2. The third kappa shape index (κ3) is 2.53. The number of nitrogens with one attached hydrogen (secondary N) is 1. The van der Waals surface area contributed by atoms with Crippen molar-refractivity contribution in [2.75, 3.05) is 13.7 Å². The van der Waals surface area contributed by atoms with E-state index in [1.165, 1.54) is 5.56 Å². The first-order valence-electron chi connectivity index (χ1n) is 5.67. The third-order valence-corrected chi connectivity index (χ3v) is 3.19. The third-order valence-electron chi connectivity index (χ3n) is 3.19. The fourth-order valence-corrected chi connectivity index (χ4v) is 2.09. The number of halogens is 1. The molecule has 1 saturated heterocycles. The van der Waals surface area contributed by atoms with Gasteiger partial charge in [-0.05, 0) is 37.5 Å². The Bertz CT molecular complexity index is 337. The maximum atomic E-state index is 13.6. The first-order chi connectivity index (χ1) is 7.61. The maximum absolute atomic E-state index is 13.6. The monoisotopic (exact) mass is 223 g/mol. The summed E-state index contributed by atoms with van der Waals surface area (Å²) < 4.78 is 18.7. The van der Waals surface area contributed by atoms with Crippen LogP contribution in [0.3, 0.4) is 0 Å². The molecule has 0 saturated carbocycles. The van der Waals surface area contributed by atoms with E-state index in [2.05, 4.69) is 5.32 Å². The molecule has 1 aromatic carbocycles. The first kappa shape index (κ1) is 11.4. The summed E-state index contributed by atoms with van der Waals surface area (Å²) >= 11 is 0. The molecular formula is C13H18FNO. The summed E-state index contributed by atoms with van der Waals surface area (Å²) in [6.07, 6.45) is 1.47. The Balaban J connectivity index is 2.03. The molecule has 2 unspecified atom stereocenters. The largest absolute Gasteiger partial charge is 0.497 e. The van der Waals surface area contributed by atoms with Crippen LogP contribution in [-0.4, -0.2) is 19.3 Å². The average molecular weight is 223 g/mol. The predicted molar refractivity (Wildman–Crippen MR) is 62.5 cm³/mol. The molecule has 1 aromatic rings. The lowest BCUT2D eigenvalue weighted by molar-refractivity contribution is 0.125. The van der Waals surface area contributed by atoms with Gasteiger partial charge < -0.3 is 10.1 Å². The van der Waals surface area contributed by atoms with Crippen LogP contribution in [0.2, 0.25) is 0 Å². The molecule has 2 rings (SSSR count). The van der Waals surface area contributed by atoms with Gasteiger partial charge in [-0.3, -0.25) is 0 Å². The van der Waals surface area contributed by atoms with Crippen LogP contribution in [0.25, 0.3) is 0 Å². The summed E-state index contributed by atoms with van der Waals surface area (Å²) in [5.74, 6) is 0.856. The highest BCUT2D eigenvalue weighted by atomic mass is 19.1. The SMILES string of the molecule is COc1ccc(C2CCC(C)(F)CN2)cc1. The van der Waals surface area contributed by atoms with Crippen LogP contribution in [0.1, 0.15) is 31.4 Å². The lowest BCUT2D eigenvalue weighted by atomic mass is 9.90. The van der Waals surface area contributed by atoms with E-state index in [9.17, 15) is 4.39 Å². The van der Waals surface area contributed by atoms with E-state index in [0.717, 1.165) is 12.2 Å². The molecule has 2 nitrogen and oxygen atoms in total. The molecule has 2 atom stereocenters. The van der Waals surface area contributed by atoms with Gasteiger partial charge in [-0.1, -0.05) is 12.1 Å². The van der Waals surface area contributed by atoms with Crippen LogP contribution >= 0.6 is 0 Å². The molecule has 0 spiro atoms. The summed E-state index contributed by atoms with van der Waals surface area (Å²) in [6, 6.07) is 8.24. The van der Waals surface area contributed by atoms with E-state index in [-0.39, 0.29) is 6.04 Å². The lowest BCUT2D eigenvalue weighted by Gasteiger charge is -2.32. The minimum atomic E-state index is -1.05. The Hall–Kier alpha value is -1.09. The van der Waals surface area contributed by atoms with Crippen LogP contribution < -0.4 is 10.1 Å². The molecule has 3 heteroatoms. The zero-order valence-electron chi connectivity index (χ0n) is 9.79. The Morgan fingerprint density at radius 3 is 2.56 bits per heavy atom. The van der Waals surface area contributed by atoms with Gasteiger partial charge in [-0.2, -0.15) is 0 Å². The van der Waals surface area contributed by atoms with Crippen molar-refractivity contribution in [3.63, 3.8) is 0 Å². The highest BCUT2D eigenvalue weighted by molar-refractivity contribution is 5.29. The summed E-state index contributed by atoms with van der Waals surface area (Å²) in [6.45, 7) is 2.09. The minimum absolute atomic E-state index is 0.273. The zero-order valence-corrected chi connectivity index (χ0v) is 9.79. The van der Waals surface area contributed by atoms with E-state index < -0.39 is 5.67 Å². The predicted octanol–water partition coefficient (Wildman–Crippen LogP) is 2.85. The number of hydrogen-bond donors (Lipinski definition) is 1. The van der Waals surface area contributed by atoms with Crippen LogP contribution in [0.15, 0.2) is 24.3 Å². The van der Waals surface area contributed by atoms with Crippen molar-refractivity contribution in [3.05, 3.63) is 29.8 Å². The fourth-order valence-electron chi connectivity index (χ4n) is 2.09. The van der Waals surface area contributed by atoms with Gasteiger partial charge in [-0.15, -0.1) is 0 Å². The van der Waals surface area contributed by atoms with Gasteiger partial charge in [0.15, 0.2) is 0 Å². The molecule has 0 amide bonds. The number of alkyl halides is 1. The summed E-state index contributed by atoms with van der Waals surface area (Å²) in [5, 5.41) is 3.25. The molecule has 1 fully saturated rings. The number of methoxy groups -OCH3 is 1. The van der Waals surface area contributed by atoms with Crippen molar-refractivity contribution in [2.45, 2.75) is 31.5 Å². The molecule has 88 valence electrons. The van der Waals surface area contributed by atoms with E-state index in [1.54, 1.807) is 14.0 Å². The minimum Gasteiger partial charge on any atom is -0.497 e. The van der Waals surface area contributed by atoms with Crippen LogP contribution in [0.5, 0.6) is 5.75 Å². The van der Waals surface area contributed by atoms with Crippen LogP contribution in [0.4, 0.5) is 4.39 Å². The second kappa shape index (κ2) is 4.42. The molecule has 1 aliphatic rings. The van der Waals surface area contributed by atoms with Crippen molar-refractivity contribution in [2.24, 2.45) is 0 Å². The highest BCUT2D eigenvalue weighted by Crippen LogP contribution is 2.30. The lowest BCUT2D eigenvalue weighted by Crippen LogP contribution is -2.41. The van der Waals surface area contributed by atoms with Crippen molar-refractivity contribution >= 4 is 0 Å². The van der Waals surface area contributed by atoms with Gasteiger partial charge in [0.05, 0.1) is 7.11 Å². The maximum Gasteiger partial charge on any atom is 0.120 e. The Kier molecular flexibility index (Phi) is 3.15. The van der Waals surface area contributed by atoms with Crippen molar-refractivity contribution in [1.29, 1.82) is 0 Å². The Morgan fingerprint density at radius 1 is 1.38 bits per heavy atom. The Labute approximate surface area is 95.8 Å². The molecule has 1 N–H and O–H groups in total.